The predicted octanol–water partition coefficient (Wildman–Crippen LogP) is 4.32. The van der Waals surface area contributed by atoms with E-state index in [0.29, 0.717) is 6.54 Å². The Balaban J connectivity index is 0.00000300. The van der Waals surface area contributed by atoms with Crippen molar-refractivity contribution < 1.29 is 0 Å². The van der Waals surface area contributed by atoms with E-state index in [4.69, 9.17) is 11.6 Å². The molecule has 0 saturated carbocycles. The van der Waals surface area contributed by atoms with Crippen LogP contribution >= 0.6 is 35.6 Å². The largest absolute Gasteiger partial charge is 0.357 e. The molecule has 6 nitrogen and oxygen atoms in total. The lowest BCUT2D eigenvalue weighted by Gasteiger charge is -2.26. The monoisotopic (exact) mass is 526 g/mol. The number of aliphatic imine (C=N–C) groups is 1. The molecule has 0 atom stereocenters. The highest BCUT2D eigenvalue weighted by atomic mass is 127. The fourth-order valence-electron chi connectivity index (χ4n) is 3.08. The first-order valence-corrected chi connectivity index (χ1v) is 9.90. The molecule has 0 bridgehead atoms. The third kappa shape index (κ3) is 6.85. The lowest BCUT2D eigenvalue weighted by atomic mass is 9.86. The molecule has 0 unspecified atom stereocenters. The van der Waals surface area contributed by atoms with Crippen molar-refractivity contribution in [3.8, 4) is 0 Å². The van der Waals surface area contributed by atoms with E-state index < -0.39 is 0 Å². The molecule has 3 aromatic rings. The fourth-order valence-corrected chi connectivity index (χ4v) is 3.29. The van der Waals surface area contributed by atoms with Crippen LogP contribution in [0.4, 0.5) is 0 Å². The third-order valence-corrected chi connectivity index (χ3v) is 4.65. The van der Waals surface area contributed by atoms with Crippen LogP contribution in [-0.2, 0) is 13.0 Å². The molecular weight excluding hydrogens is 499 g/mol. The van der Waals surface area contributed by atoms with Crippen molar-refractivity contribution in [3.63, 3.8) is 0 Å². The Morgan fingerprint density at radius 2 is 1.97 bits per heavy atom. The van der Waals surface area contributed by atoms with Crippen LogP contribution in [0.15, 0.2) is 53.7 Å². The van der Waals surface area contributed by atoms with Gasteiger partial charge in [0.25, 0.3) is 0 Å². The van der Waals surface area contributed by atoms with E-state index in [2.05, 4.69) is 52.7 Å². The lowest BCUT2D eigenvalue weighted by molar-refractivity contribution is 0.359. The van der Waals surface area contributed by atoms with Gasteiger partial charge in [-0.15, -0.1) is 34.2 Å². The summed E-state index contributed by atoms with van der Waals surface area (Å²) in [6, 6.07) is 13.9. The zero-order valence-corrected chi connectivity index (χ0v) is 20.1. The minimum absolute atomic E-state index is 0. The van der Waals surface area contributed by atoms with Crippen LogP contribution in [0, 0.1) is 5.41 Å². The van der Waals surface area contributed by atoms with Gasteiger partial charge in [-0.05, 0) is 48.6 Å². The Labute approximate surface area is 194 Å². The predicted molar refractivity (Wildman–Crippen MR) is 130 cm³/mol. The first-order chi connectivity index (χ1) is 13.5. The van der Waals surface area contributed by atoms with Crippen molar-refractivity contribution in [1.82, 2.24) is 25.2 Å². The van der Waals surface area contributed by atoms with E-state index in [1.165, 1.54) is 5.56 Å². The Bertz CT molecular complexity index is 953. The zero-order valence-electron chi connectivity index (χ0n) is 17.0. The first kappa shape index (κ1) is 23.4. The summed E-state index contributed by atoms with van der Waals surface area (Å²) in [5.41, 5.74) is 2.10. The minimum Gasteiger partial charge on any atom is -0.357 e. The van der Waals surface area contributed by atoms with Gasteiger partial charge in [-0.3, -0.25) is 4.40 Å². The SMILES string of the molecule is CCNC(=NCc1nnc2ccccn12)NCC(C)(C)Cc1cccc(Cl)c1.I. The number of fused-ring (bicyclic) bond motifs is 1. The summed E-state index contributed by atoms with van der Waals surface area (Å²) < 4.78 is 1.95. The van der Waals surface area contributed by atoms with Gasteiger partial charge in [0, 0.05) is 24.3 Å². The number of nitrogens with zero attached hydrogens (tertiary/aromatic N) is 4. The fraction of sp³-hybridized carbons (Fsp3) is 0.381. The zero-order chi connectivity index (χ0) is 20.0. The molecule has 3 rings (SSSR count). The molecule has 0 saturated heterocycles. The molecule has 0 amide bonds. The van der Waals surface area contributed by atoms with Gasteiger partial charge in [-0.25, -0.2) is 4.99 Å². The van der Waals surface area contributed by atoms with Crippen molar-refractivity contribution in [3.05, 3.63) is 65.1 Å². The Hall–Kier alpha value is -1.87. The molecule has 29 heavy (non-hydrogen) atoms. The van der Waals surface area contributed by atoms with Gasteiger partial charge in [0.05, 0.1) is 0 Å². The number of rotatable bonds is 7. The van der Waals surface area contributed by atoms with Crippen LogP contribution in [-0.4, -0.2) is 33.6 Å². The maximum Gasteiger partial charge on any atom is 0.191 e. The third-order valence-electron chi connectivity index (χ3n) is 4.41. The second kappa shape index (κ2) is 10.8. The van der Waals surface area contributed by atoms with Gasteiger partial charge < -0.3 is 10.6 Å². The number of hydrogen-bond donors (Lipinski definition) is 2. The highest BCUT2D eigenvalue weighted by Gasteiger charge is 2.19. The highest BCUT2D eigenvalue weighted by molar-refractivity contribution is 14.0. The van der Waals surface area contributed by atoms with E-state index in [1.54, 1.807) is 0 Å². The van der Waals surface area contributed by atoms with Crippen molar-refractivity contribution in [2.45, 2.75) is 33.7 Å². The van der Waals surface area contributed by atoms with Crippen LogP contribution < -0.4 is 10.6 Å². The topological polar surface area (TPSA) is 66.6 Å². The Kier molecular flexibility index (Phi) is 8.70. The smallest absolute Gasteiger partial charge is 0.191 e. The molecule has 8 heteroatoms. The summed E-state index contributed by atoms with van der Waals surface area (Å²) in [7, 11) is 0. The summed E-state index contributed by atoms with van der Waals surface area (Å²) in [4.78, 5) is 4.68. The second-order valence-corrected chi connectivity index (χ2v) is 8.00. The molecule has 2 N–H and O–H groups in total. The van der Waals surface area contributed by atoms with E-state index in [-0.39, 0.29) is 29.4 Å². The summed E-state index contributed by atoms with van der Waals surface area (Å²) in [6.45, 7) is 8.55. The van der Waals surface area contributed by atoms with Crippen LogP contribution in [0.1, 0.15) is 32.2 Å². The summed E-state index contributed by atoms with van der Waals surface area (Å²) in [5, 5.41) is 15.9. The number of nitrogens with one attached hydrogen (secondary N) is 2. The average Bonchev–Trinajstić information content (AvgIpc) is 3.07. The van der Waals surface area contributed by atoms with Gasteiger partial charge in [-0.2, -0.15) is 0 Å². The van der Waals surface area contributed by atoms with Gasteiger partial charge in [-0.1, -0.05) is 43.6 Å². The van der Waals surface area contributed by atoms with Crippen LogP contribution in [0.3, 0.4) is 0 Å². The second-order valence-electron chi connectivity index (χ2n) is 7.56. The number of halogens is 2. The number of benzene rings is 1. The van der Waals surface area contributed by atoms with E-state index in [9.17, 15) is 0 Å². The average molecular weight is 527 g/mol. The van der Waals surface area contributed by atoms with Crippen LogP contribution in [0.25, 0.3) is 5.65 Å². The highest BCUT2D eigenvalue weighted by Crippen LogP contribution is 2.22. The lowest BCUT2D eigenvalue weighted by Crippen LogP contribution is -2.42. The van der Waals surface area contributed by atoms with Crippen molar-refractivity contribution in [2.24, 2.45) is 10.4 Å². The Morgan fingerprint density at radius 3 is 2.72 bits per heavy atom. The van der Waals surface area contributed by atoms with Crippen molar-refractivity contribution in [2.75, 3.05) is 13.1 Å². The van der Waals surface area contributed by atoms with Crippen LogP contribution in [0.2, 0.25) is 5.02 Å². The first-order valence-electron chi connectivity index (χ1n) is 9.52. The quantitative estimate of drug-likeness (QED) is 0.273. The normalized spacial score (nSPS) is 11.9. The van der Waals surface area contributed by atoms with Gasteiger partial charge in [0.15, 0.2) is 17.4 Å². The maximum atomic E-state index is 6.12. The molecule has 0 radical (unpaired) electrons. The summed E-state index contributed by atoms with van der Waals surface area (Å²) >= 11 is 6.12. The van der Waals surface area contributed by atoms with Gasteiger partial charge >= 0.3 is 0 Å². The van der Waals surface area contributed by atoms with Gasteiger partial charge in [0.2, 0.25) is 0 Å². The molecule has 0 aliphatic carbocycles. The summed E-state index contributed by atoms with van der Waals surface area (Å²) in [6.07, 6.45) is 2.88. The van der Waals surface area contributed by atoms with Gasteiger partial charge in [0.1, 0.15) is 6.54 Å². The molecule has 0 aliphatic heterocycles. The molecule has 0 fully saturated rings. The van der Waals surface area contributed by atoms with E-state index in [1.807, 2.05) is 47.0 Å². The van der Waals surface area contributed by atoms with Crippen LogP contribution in [0.5, 0.6) is 0 Å². The Morgan fingerprint density at radius 1 is 1.14 bits per heavy atom. The molecule has 156 valence electrons. The number of hydrogen-bond acceptors (Lipinski definition) is 3. The standard InChI is InChI=1S/C21H27ClN6.HI/c1-4-23-20(24-14-19-27-26-18-10-5-6-11-28(18)19)25-15-21(2,3)13-16-8-7-9-17(22)12-16;/h5-12H,4,13-15H2,1-3H3,(H2,23,24,25);1H. The molecule has 2 aromatic heterocycles. The molecule has 0 spiro atoms. The minimum atomic E-state index is 0. The molecule has 2 heterocycles. The molecular formula is C21H28ClIN6. The van der Waals surface area contributed by atoms with E-state index in [0.717, 1.165) is 42.0 Å². The van der Waals surface area contributed by atoms with E-state index >= 15 is 0 Å². The molecule has 0 aliphatic rings. The van der Waals surface area contributed by atoms with Crippen molar-refractivity contribution >= 4 is 47.2 Å². The number of guanidine groups is 1. The van der Waals surface area contributed by atoms with Crippen molar-refractivity contribution in [1.29, 1.82) is 0 Å². The number of aromatic nitrogens is 3. The molecule has 1 aromatic carbocycles. The summed E-state index contributed by atoms with van der Waals surface area (Å²) in [5.74, 6) is 1.58. The number of pyridine rings is 1. The maximum absolute atomic E-state index is 6.12.